The summed E-state index contributed by atoms with van der Waals surface area (Å²) in [6, 6.07) is 11.7. The summed E-state index contributed by atoms with van der Waals surface area (Å²) in [7, 11) is 0. The number of halogens is 3. The van der Waals surface area contributed by atoms with E-state index in [1.807, 2.05) is 92.6 Å². The molecule has 1 atom stereocenters. The van der Waals surface area contributed by atoms with E-state index in [0.29, 0.717) is 13.5 Å². The Hall–Kier alpha value is -3.40. The van der Waals surface area contributed by atoms with Crippen molar-refractivity contribution in [1.82, 2.24) is 15.3 Å². The van der Waals surface area contributed by atoms with Crippen molar-refractivity contribution in [3.05, 3.63) is 64.5 Å². The van der Waals surface area contributed by atoms with Crippen LogP contribution in [-0.2, 0) is 9.53 Å². The van der Waals surface area contributed by atoms with Crippen LogP contribution in [0, 0.1) is 20.8 Å². The number of hydrogen-bond donors (Lipinski definition) is 3. The zero-order chi connectivity index (χ0) is 31.5. The minimum atomic E-state index is -4.83. The van der Waals surface area contributed by atoms with Gasteiger partial charge in [-0.1, -0.05) is 65.3 Å². The largest absolute Gasteiger partial charge is 0.575 e. The highest BCUT2D eigenvalue weighted by atomic mass is 19.4. The van der Waals surface area contributed by atoms with Gasteiger partial charge in [0.05, 0.1) is 17.1 Å². The summed E-state index contributed by atoms with van der Waals surface area (Å²) in [4.78, 5) is 30.5. The summed E-state index contributed by atoms with van der Waals surface area (Å²) in [5.41, 5.74) is 11.5. The van der Waals surface area contributed by atoms with Crippen molar-refractivity contribution < 1.29 is 27.5 Å². The lowest BCUT2D eigenvalue weighted by atomic mass is 9.99. The van der Waals surface area contributed by atoms with Gasteiger partial charge in [0.1, 0.15) is 5.82 Å². The zero-order valence-corrected chi connectivity index (χ0v) is 25.5. The number of rotatable bonds is 6. The van der Waals surface area contributed by atoms with Crippen molar-refractivity contribution in [2.75, 3.05) is 6.54 Å². The van der Waals surface area contributed by atoms with E-state index in [-0.39, 0.29) is 11.9 Å². The van der Waals surface area contributed by atoms with Gasteiger partial charge >= 0.3 is 12.3 Å². The molecule has 1 unspecified atom stereocenters. The van der Waals surface area contributed by atoms with Gasteiger partial charge in [0.15, 0.2) is 0 Å². The van der Waals surface area contributed by atoms with E-state index in [4.69, 9.17) is 5.73 Å². The second kappa shape index (κ2) is 20.5. The Balaban J connectivity index is 0. The number of nitrogens with zero attached hydrogens (tertiary/aromatic N) is 1. The molecule has 40 heavy (non-hydrogen) atoms. The standard InChI is InChI=1S/C21H26N4O.C3H3F3O2.3C2H6/c1-13-11-14(2)15(3)16(12-13)21(26)25-19(9-6-10-22)20-23-17-7-4-5-8-18(17)24-20;1-2(7)8-3(4,5)6;3*1-2/h4-5,7-8,11-12,19H,6,9-10,22H2,1-3H3,(H,23,24)(H,25,26);1H3;3*1-2H3. The highest BCUT2D eigenvalue weighted by molar-refractivity contribution is 5.96. The highest BCUT2D eigenvalue weighted by Crippen LogP contribution is 2.22. The van der Waals surface area contributed by atoms with Crippen LogP contribution in [0.2, 0.25) is 0 Å². The molecule has 3 aromatic rings. The van der Waals surface area contributed by atoms with Crippen LogP contribution < -0.4 is 11.1 Å². The molecule has 0 bridgehead atoms. The molecule has 0 spiro atoms. The lowest BCUT2D eigenvalue weighted by Gasteiger charge is -2.18. The van der Waals surface area contributed by atoms with E-state index in [2.05, 4.69) is 26.1 Å². The molecule has 1 amide bonds. The second-order valence-corrected chi connectivity index (χ2v) is 7.89. The lowest BCUT2D eigenvalue weighted by Crippen LogP contribution is -2.30. The highest BCUT2D eigenvalue weighted by Gasteiger charge is 2.32. The molecule has 4 N–H and O–H groups in total. The number of ether oxygens (including phenoxy) is 1. The second-order valence-electron chi connectivity index (χ2n) is 7.89. The number of benzene rings is 2. The lowest BCUT2D eigenvalue weighted by molar-refractivity contribution is -0.304. The molecular formula is C30H47F3N4O3. The van der Waals surface area contributed by atoms with Crippen LogP contribution in [0.3, 0.4) is 0 Å². The summed E-state index contributed by atoms with van der Waals surface area (Å²) >= 11 is 0. The zero-order valence-electron chi connectivity index (χ0n) is 25.5. The van der Waals surface area contributed by atoms with Crippen LogP contribution in [0.4, 0.5) is 13.2 Å². The Kier molecular flexibility index (Phi) is 19.9. The molecule has 226 valence electrons. The number of nitrogens with two attached hydrogens (primary N) is 1. The average molecular weight is 569 g/mol. The molecule has 2 aromatic carbocycles. The molecule has 0 radical (unpaired) electrons. The van der Waals surface area contributed by atoms with Crippen molar-refractivity contribution in [2.24, 2.45) is 5.73 Å². The third kappa shape index (κ3) is 14.1. The Morgan fingerprint density at radius 3 is 2.08 bits per heavy atom. The van der Waals surface area contributed by atoms with Gasteiger partial charge in [0.25, 0.3) is 5.91 Å². The third-order valence-electron chi connectivity index (χ3n) is 5.06. The Labute approximate surface area is 237 Å². The topological polar surface area (TPSA) is 110 Å². The maximum atomic E-state index is 12.9. The maximum absolute atomic E-state index is 12.9. The summed E-state index contributed by atoms with van der Waals surface area (Å²) < 4.78 is 35.4. The number of aromatic amines is 1. The van der Waals surface area contributed by atoms with Crippen LogP contribution >= 0.6 is 0 Å². The molecule has 0 saturated heterocycles. The molecule has 10 heteroatoms. The van der Waals surface area contributed by atoms with Gasteiger partial charge in [-0.3, -0.25) is 9.59 Å². The molecule has 0 aliphatic carbocycles. The van der Waals surface area contributed by atoms with Crippen molar-refractivity contribution in [1.29, 1.82) is 0 Å². The fourth-order valence-electron chi connectivity index (χ4n) is 3.41. The number of esters is 1. The molecular weight excluding hydrogens is 521 g/mol. The van der Waals surface area contributed by atoms with E-state index in [0.717, 1.165) is 52.0 Å². The molecule has 0 saturated carbocycles. The number of alkyl halides is 3. The van der Waals surface area contributed by atoms with Gasteiger partial charge in [-0.2, -0.15) is 0 Å². The summed E-state index contributed by atoms with van der Waals surface area (Å²) in [5.74, 6) is -0.649. The monoisotopic (exact) mass is 568 g/mol. The van der Waals surface area contributed by atoms with Gasteiger partial charge in [-0.05, 0) is 69.5 Å². The number of nitrogens with one attached hydrogen (secondary N) is 2. The van der Waals surface area contributed by atoms with Crippen molar-refractivity contribution in [3.8, 4) is 0 Å². The van der Waals surface area contributed by atoms with Crippen molar-refractivity contribution in [2.45, 2.75) is 94.5 Å². The van der Waals surface area contributed by atoms with Crippen LogP contribution in [-0.4, -0.2) is 34.8 Å². The summed E-state index contributed by atoms with van der Waals surface area (Å²) in [6.45, 7) is 19.3. The van der Waals surface area contributed by atoms with E-state index >= 15 is 0 Å². The number of H-pyrrole nitrogens is 1. The van der Waals surface area contributed by atoms with E-state index in [1.165, 1.54) is 0 Å². The van der Waals surface area contributed by atoms with Gasteiger partial charge in [-0.25, -0.2) is 4.98 Å². The first kappa shape index (κ1) is 38.7. The SMILES string of the molecule is CC.CC.CC.CC(=O)OC(F)(F)F.Cc1cc(C)c(C)c(C(=O)NC(CCCN)c2nc3ccccc3[nH]2)c1. The van der Waals surface area contributed by atoms with Gasteiger partial charge in [0.2, 0.25) is 0 Å². The quantitative estimate of drug-likeness (QED) is 0.262. The van der Waals surface area contributed by atoms with E-state index < -0.39 is 12.3 Å². The van der Waals surface area contributed by atoms with Gasteiger partial charge in [-0.15, -0.1) is 13.2 Å². The number of amides is 1. The fourth-order valence-corrected chi connectivity index (χ4v) is 3.41. The van der Waals surface area contributed by atoms with Crippen molar-refractivity contribution in [3.63, 3.8) is 0 Å². The Bertz CT molecular complexity index is 1110. The number of fused-ring (bicyclic) bond motifs is 1. The number of para-hydroxylation sites is 2. The number of aryl methyl sites for hydroxylation is 2. The van der Waals surface area contributed by atoms with E-state index in [9.17, 15) is 22.8 Å². The first-order valence-electron chi connectivity index (χ1n) is 13.7. The molecule has 0 aliphatic rings. The van der Waals surface area contributed by atoms with E-state index in [1.54, 1.807) is 0 Å². The van der Waals surface area contributed by atoms with Gasteiger partial charge < -0.3 is 20.8 Å². The number of carbonyl (C=O) groups excluding carboxylic acids is 2. The normalized spacial score (nSPS) is 10.7. The molecule has 0 fully saturated rings. The summed E-state index contributed by atoms with van der Waals surface area (Å²) in [6.07, 6.45) is -3.27. The first-order chi connectivity index (χ1) is 18.9. The number of imidazole rings is 1. The number of hydrogen-bond acceptors (Lipinski definition) is 5. The molecule has 7 nitrogen and oxygen atoms in total. The number of carbonyl (C=O) groups is 2. The van der Waals surface area contributed by atoms with Crippen molar-refractivity contribution >= 4 is 22.9 Å². The third-order valence-corrected chi connectivity index (χ3v) is 5.06. The molecule has 1 heterocycles. The van der Waals surface area contributed by atoms with Crippen LogP contribution in [0.15, 0.2) is 36.4 Å². The summed E-state index contributed by atoms with van der Waals surface area (Å²) in [5, 5.41) is 3.15. The minimum absolute atomic E-state index is 0.0724. The number of aromatic nitrogens is 2. The van der Waals surface area contributed by atoms with Crippen LogP contribution in [0.25, 0.3) is 11.0 Å². The predicted molar refractivity (Wildman–Crippen MR) is 157 cm³/mol. The van der Waals surface area contributed by atoms with Crippen LogP contribution in [0.1, 0.15) is 100 Å². The Morgan fingerprint density at radius 1 is 1.02 bits per heavy atom. The molecule has 3 rings (SSSR count). The predicted octanol–water partition coefficient (Wildman–Crippen LogP) is 7.85. The molecule has 1 aromatic heterocycles. The van der Waals surface area contributed by atoms with Crippen LogP contribution in [0.5, 0.6) is 0 Å². The average Bonchev–Trinajstić information content (AvgIpc) is 3.35. The fraction of sp³-hybridized carbons (Fsp3) is 0.500. The minimum Gasteiger partial charge on any atom is -0.373 e. The smallest absolute Gasteiger partial charge is 0.373 e. The molecule has 0 aliphatic heterocycles. The van der Waals surface area contributed by atoms with Gasteiger partial charge in [0, 0.05) is 12.5 Å². The first-order valence-corrected chi connectivity index (χ1v) is 13.7. The maximum Gasteiger partial charge on any atom is 0.575 e. The Morgan fingerprint density at radius 2 is 1.60 bits per heavy atom.